The standard InChI is InChI=1S/C30H26FN5O4S/c1-16-9-20(28-23(10-16)33-27(39-4)14-32-28)29-34-22-12-21(31)25(13-26(22)41-29)40-15-17(2)36(30(37)38)19-5-6-24-18(11-19)7-8-35(24)3/h5-14,17H,15H2,1-4H3,(H,37,38). The second-order valence-corrected chi connectivity index (χ2v) is 10.9. The zero-order chi connectivity index (χ0) is 28.8. The number of nitrogens with zero attached hydrogens (tertiary/aromatic N) is 5. The Bertz CT molecular complexity index is 1950. The van der Waals surface area contributed by atoms with E-state index < -0.39 is 18.0 Å². The number of rotatable bonds is 7. The van der Waals surface area contributed by atoms with E-state index in [1.54, 1.807) is 25.3 Å². The fourth-order valence-electron chi connectivity index (χ4n) is 4.92. The number of anilines is 1. The molecule has 1 unspecified atom stereocenters. The Kier molecular flexibility index (Phi) is 6.66. The van der Waals surface area contributed by atoms with Crippen molar-refractivity contribution in [3.63, 3.8) is 0 Å². The molecule has 0 spiro atoms. The van der Waals surface area contributed by atoms with Gasteiger partial charge in [-0.2, -0.15) is 0 Å². The molecule has 0 saturated heterocycles. The van der Waals surface area contributed by atoms with Crippen molar-refractivity contribution in [1.29, 1.82) is 0 Å². The smallest absolute Gasteiger partial charge is 0.412 e. The Hall–Kier alpha value is -4.77. The number of amides is 1. The third-order valence-corrected chi connectivity index (χ3v) is 7.98. The number of ether oxygens (including phenoxy) is 2. The number of hydrogen-bond donors (Lipinski definition) is 1. The van der Waals surface area contributed by atoms with Crippen molar-refractivity contribution in [3.8, 4) is 22.2 Å². The maximum absolute atomic E-state index is 15.1. The molecule has 1 amide bonds. The molecule has 6 rings (SSSR count). The Morgan fingerprint density at radius 2 is 1.98 bits per heavy atom. The molecule has 3 aromatic carbocycles. The Labute approximate surface area is 238 Å². The summed E-state index contributed by atoms with van der Waals surface area (Å²) in [5.74, 6) is -0.131. The molecule has 0 bridgehead atoms. The van der Waals surface area contributed by atoms with Crippen LogP contribution >= 0.6 is 11.3 Å². The van der Waals surface area contributed by atoms with E-state index in [-0.39, 0.29) is 12.4 Å². The molecule has 0 aliphatic carbocycles. The molecule has 9 nitrogen and oxygen atoms in total. The lowest BCUT2D eigenvalue weighted by atomic mass is 10.1. The Morgan fingerprint density at radius 3 is 2.76 bits per heavy atom. The number of fused-ring (bicyclic) bond motifs is 3. The number of thiazole rings is 1. The van der Waals surface area contributed by atoms with Gasteiger partial charge in [0.15, 0.2) is 11.6 Å². The normalized spacial score (nSPS) is 12.2. The van der Waals surface area contributed by atoms with Gasteiger partial charge in [0.1, 0.15) is 11.6 Å². The summed E-state index contributed by atoms with van der Waals surface area (Å²) in [4.78, 5) is 27.1. The summed E-state index contributed by atoms with van der Waals surface area (Å²) in [6, 6.07) is 13.6. The lowest BCUT2D eigenvalue weighted by molar-refractivity contribution is 0.194. The largest absolute Gasteiger partial charge is 0.488 e. The van der Waals surface area contributed by atoms with Crippen LogP contribution in [0.4, 0.5) is 14.9 Å². The molecule has 3 aromatic heterocycles. The summed E-state index contributed by atoms with van der Waals surface area (Å²) >= 11 is 1.39. The molecule has 0 radical (unpaired) electrons. The van der Waals surface area contributed by atoms with Gasteiger partial charge in [-0.1, -0.05) is 0 Å². The van der Waals surface area contributed by atoms with Crippen LogP contribution in [0.1, 0.15) is 12.5 Å². The van der Waals surface area contributed by atoms with Gasteiger partial charge in [0.05, 0.1) is 40.6 Å². The zero-order valence-corrected chi connectivity index (χ0v) is 23.6. The van der Waals surface area contributed by atoms with Crippen molar-refractivity contribution in [2.45, 2.75) is 19.9 Å². The molecule has 11 heteroatoms. The highest BCUT2D eigenvalue weighted by molar-refractivity contribution is 7.21. The van der Waals surface area contributed by atoms with Crippen molar-refractivity contribution in [3.05, 3.63) is 72.3 Å². The van der Waals surface area contributed by atoms with Gasteiger partial charge in [0.25, 0.3) is 0 Å². The van der Waals surface area contributed by atoms with Crippen LogP contribution in [-0.4, -0.2) is 50.5 Å². The van der Waals surface area contributed by atoms with Gasteiger partial charge in [-0.05, 0) is 55.8 Å². The van der Waals surface area contributed by atoms with Gasteiger partial charge in [-0.3, -0.25) is 4.90 Å². The number of methoxy groups -OCH3 is 1. The van der Waals surface area contributed by atoms with Crippen LogP contribution < -0.4 is 14.4 Å². The number of aryl methyl sites for hydroxylation is 2. The molecule has 208 valence electrons. The number of carbonyl (C=O) groups is 1. The van der Waals surface area contributed by atoms with E-state index in [1.807, 2.05) is 55.1 Å². The summed E-state index contributed by atoms with van der Waals surface area (Å²) in [5.41, 5.74) is 5.12. The fraction of sp³-hybridized carbons (Fsp3) is 0.200. The maximum Gasteiger partial charge on any atom is 0.412 e. The van der Waals surface area contributed by atoms with Crippen molar-refractivity contribution in [2.24, 2.45) is 7.05 Å². The molecule has 0 fully saturated rings. The van der Waals surface area contributed by atoms with E-state index in [9.17, 15) is 9.90 Å². The first-order valence-electron chi connectivity index (χ1n) is 12.8. The summed E-state index contributed by atoms with van der Waals surface area (Å²) in [6.07, 6.45) is 2.35. The van der Waals surface area contributed by atoms with Crippen LogP contribution in [0.3, 0.4) is 0 Å². The van der Waals surface area contributed by atoms with Crippen molar-refractivity contribution in [2.75, 3.05) is 18.6 Å². The van der Waals surface area contributed by atoms with Gasteiger partial charge in [0, 0.05) is 47.5 Å². The minimum atomic E-state index is -1.12. The van der Waals surface area contributed by atoms with E-state index in [0.717, 1.165) is 26.7 Å². The average Bonchev–Trinajstić information content (AvgIpc) is 3.53. The molecule has 6 aromatic rings. The van der Waals surface area contributed by atoms with Crippen molar-refractivity contribution < 1.29 is 23.8 Å². The topological polar surface area (TPSA) is 103 Å². The van der Waals surface area contributed by atoms with Crippen LogP contribution in [0, 0.1) is 12.7 Å². The van der Waals surface area contributed by atoms with Gasteiger partial charge in [-0.25, -0.2) is 24.1 Å². The highest BCUT2D eigenvalue weighted by Crippen LogP contribution is 2.37. The predicted octanol–water partition coefficient (Wildman–Crippen LogP) is 6.81. The van der Waals surface area contributed by atoms with E-state index >= 15 is 4.39 Å². The first-order chi connectivity index (χ1) is 19.7. The third-order valence-electron chi connectivity index (χ3n) is 6.92. The monoisotopic (exact) mass is 571 g/mol. The third kappa shape index (κ3) is 4.89. The Balaban J connectivity index is 1.27. The number of carboxylic acid groups (broad SMARTS) is 1. The highest BCUT2D eigenvalue weighted by atomic mass is 32.1. The Morgan fingerprint density at radius 1 is 1.15 bits per heavy atom. The van der Waals surface area contributed by atoms with Crippen LogP contribution in [-0.2, 0) is 7.05 Å². The fourth-order valence-corrected chi connectivity index (χ4v) is 5.92. The lowest BCUT2D eigenvalue weighted by Gasteiger charge is -2.26. The van der Waals surface area contributed by atoms with Crippen molar-refractivity contribution >= 4 is 55.3 Å². The molecule has 41 heavy (non-hydrogen) atoms. The quantitative estimate of drug-likeness (QED) is 0.225. The second-order valence-electron chi connectivity index (χ2n) is 9.84. The number of halogens is 1. The molecule has 3 heterocycles. The molecule has 0 aliphatic heterocycles. The van der Waals surface area contributed by atoms with Gasteiger partial charge in [0.2, 0.25) is 5.88 Å². The molecule has 0 saturated carbocycles. The van der Waals surface area contributed by atoms with Crippen LogP contribution in [0.2, 0.25) is 0 Å². The van der Waals surface area contributed by atoms with E-state index in [0.29, 0.717) is 33.1 Å². The summed E-state index contributed by atoms with van der Waals surface area (Å²) < 4.78 is 28.9. The summed E-state index contributed by atoms with van der Waals surface area (Å²) in [7, 11) is 3.47. The van der Waals surface area contributed by atoms with Gasteiger partial charge in [-0.15, -0.1) is 11.3 Å². The van der Waals surface area contributed by atoms with Crippen LogP contribution in [0.5, 0.6) is 11.6 Å². The SMILES string of the molecule is COc1cnc2c(-c3nc4cc(F)c(OCC(C)N(C(=O)O)c5ccc6c(ccn6C)c5)cc4s3)cc(C)cc2n1. The zero-order valence-electron chi connectivity index (χ0n) is 22.8. The first kappa shape index (κ1) is 26.5. The number of aromatic nitrogens is 4. The van der Waals surface area contributed by atoms with Crippen LogP contribution in [0.25, 0.3) is 42.7 Å². The average molecular weight is 572 g/mol. The second kappa shape index (κ2) is 10.3. The number of benzene rings is 3. The molecule has 1 N–H and O–H groups in total. The van der Waals surface area contributed by atoms with Gasteiger partial charge < -0.3 is 19.1 Å². The van der Waals surface area contributed by atoms with E-state index in [2.05, 4.69) is 15.0 Å². The minimum absolute atomic E-state index is 0.0297. The summed E-state index contributed by atoms with van der Waals surface area (Å²) in [5, 5.41) is 11.6. The van der Waals surface area contributed by atoms with Crippen molar-refractivity contribution in [1.82, 2.24) is 19.5 Å². The molecular formula is C30H26FN5O4S. The lowest BCUT2D eigenvalue weighted by Crippen LogP contribution is -2.41. The maximum atomic E-state index is 15.1. The van der Waals surface area contributed by atoms with E-state index in [1.165, 1.54) is 29.4 Å². The summed E-state index contributed by atoms with van der Waals surface area (Å²) in [6.45, 7) is 3.64. The van der Waals surface area contributed by atoms with Gasteiger partial charge >= 0.3 is 6.09 Å². The van der Waals surface area contributed by atoms with E-state index in [4.69, 9.17) is 9.47 Å². The van der Waals surface area contributed by atoms with Crippen LogP contribution in [0.15, 0.2) is 60.9 Å². The predicted molar refractivity (Wildman–Crippen MR) is 158 cm³/mol. The minimum Gasteiger partial charge on any atom is -0.488 e. The number of hydrogen-bond acceptors (Lipinski definition) is 7. The first-order valence-corrected chi connectivity index (χ1v) is 13.7. The highest BCUT2D eigenvalue weighted by Gasteiger charge is 2.23. The molecule has 0 aliphatic rings. The molecular weight excluding hydrogens is 545 g/mol. The molecule has 1 atom stereocenters.